The standard InChI is InChI=1S/C16H18BrNO/c1-12-3-2-4-13(9-12)10-16(19)11-18-15-7-5-14(17)6-8-15/h2-9,16,18-19H,10-11H2,1H3/t16-/m0/s1. The highest BCUT2D eigenvalue weighted by molar-refractivity contribution is 9.10. The lowest BCUT2D eigenvalue weighted by atomic mass is 10.1. The number of halogens is 1. The van der Waals surface area contributed by atoms with E-state index in [1.807, 2.05) is 30.3 Å². The molecule has 0 aliphatic rings. The van der Waals surface area contributed by atoms with E-state index in [-0.39, 0.29) is 6.10 Å². The van der Waals surface area contributed by atoms with Crippen LogP contribution in [0.4, 0.5) is 5.69 Å². The number of anilines is 1. The molecule has 0 aliphatic carbocycles. The van der Waals surface area contributed by atoms with Gasteiger partial charge in [-0.1, -0.05) is 45.8 Å². The molecule has 0 saturated heterocycles. The lowest BCUT2D eigenvalue weighted by Gasteiger charge is -2.13. The maximum Gasteiger partial charge on any atom is 0.0752 e. The van der Waals surface area contributed by atoms with E-state index < -0.39 is 0 Å². The van der Waals surface area contributed by atoms with Crippen LogP contribution in [0.25, 0.3) is 0 Å². The first-order valence-corrected chi connectivity index (χ1v) is 7.16. The predicted octanol–water partition coefficient (Wildman–Crippen LogP) is 3.77. The van der Waals surface area contributed by atoms with Gasteiger partial charge in [0.25, 0.3) is 0 Å². The maximum absolute atomic E-state index is 10.0. The average Bonchev–Trinajstić information content (AvgIpc) is 2.38. The van der Waals surface area contributed by atoms with Crippen LogP contribution in [0, 0.1) is 6.92 Å². The van der Waals surface area contributed by atoms with Crippen molar-refractivity contribution in [2.75, 3.05) is 11.9 Å². The summed E-state index contributed by atoms with van der Waals surface area (Å²) in [6.45, 7) is 2.62. The average molecular weight is 320 g/mol. The molecule has 0 spiro atoms. The van der Waals surface area contributed by atoms with E-state index in [9.17, 15) is 5.11 Å². The van der Waals surface area contributed by atoms with Crippen LogP contribution < -0.4 is 5.32 Å². The molecule has 2 nitrogen and oxygen atoms in total. The van der Waals surface area contributed by atoms with Gasteiger partial charge in [0.1, 0.15) is 0 Å². The van der Waals surface area contributed by atoms with Crippen LogP contribution in [0.3, 0.4) is 0 Å². The molecule has 2 aromatic carbocycles. The van der Waals surface area contributed by atoms with Crippen molar-refractivity contribution in [3.05, 3.63) is 64.1 Å². The van der Waals surface area contributed by atoms with Gasteiger partial charge in [0.15, 0.2) is 0 Å². The molecule has 19 heavy (non-hydrogen) atoms. The van der Waals surface area contributed by atoms with Gasteiger partial charge >= 0.3 is 0 Å². The first kappa shape index (κ1) is 14.1. The minimum Gasteiger partial charge on any atom is -0.391 e. The number of benzene rings is 2. The molecule has 2 aromatic rings. The van der Waals surface area contributed by atoms with Crippen molar-refractivity contribution in [3.8, 4) is 0 Å². The molecule has 1 atom stereocenters. The second kappa shape index (κ2) is 6.73. The van der Waals surface area contributed by atoms with Gasteiger partial charge in [-0.2, -0.15) is 0 Å². The van der Waals surface area contributed by atoms with Crippen molar-refractivity contribution >= 4 is 21.6 Å². The summed E-state index contributed by atoms with van der Waals surface area (Å²) >= 11 is 3.40. The van der Waals surface area contributed by atoms with Crippen LogP contribution in [0.2, 0.25) is 0 Å². The predicted molar refractivity (Wildman–Crippen MR) is 83.5 cm³/mol. The van der Waals surface area contributed by atoms with E-state index in [0.717, 1.165) is 10.2 Å². The van der Waals surface area contributed by atoms with Gasteiger partial charge in [-0.05, 0) is 36.8 Å². The number of nitrogens with one attached hydrogen (secondary N) is 1. The Bertz CT molecular complexity index is 525. The van der Waals surface area contributed by atoms with E-state index in [4.69, 9.17) is 0 Å². The Kier molecular flexibility index (Phi) is 5.00. The van der Waals surface area contributed by atoms with Crippen LogP contribution in [-0.2, 0) is 6.42 Å². The quantitative estimate of drug-likeness (QED) is 0.879. The summed E-state index contributed by atoms with van der Waals surface area (Å²) in [6, 6.07) is 16.2. The molecule has 0 radical (unpaired) electrons. The molecular weight excluding hydrogens is 302 g/mol. The van der Waals surface area contributed by atoms with Gasteiger partial charge in [-0.3, -0.25) is 0 Å². The highest BCUT2D eigenvalue weighted by Gasteiger charge is 2.05. The van der Waals surface area contributed by atoms with Crippen molar-refractivity contribution in [3.63, 3.8) is 0 Å². The molecule has 3 heteroatoms. The monoisotopic (exact) mass is 319 g/mol. The molecule has 0 aliphatic heterocycles. The lowest BCUT2D eigenvalue weighted by molar-refractivity contribution is 0.188. The van der Waals surface area contributed by atoms with Gasteiger partial charge in [0.05, 0.1) is 6.10 Å². The highest BCUT2D eigenvalue weighted by atomic mass is 79.9. The summed E-state index contributed by atoms with van der Waals surface area (Å²) in [5.74, 6) is 0. The van der Waals surface area contributed by atoms with Crippen LogP contribution >= 0.6 is 15.9 Å². The van der Waals surface area contributed by atoms with Crippen molar-refractivity contribution < 1.29 is 5.11 Å². The number of aryl methyl sites for hydroxylation is 1. The van der Waals surface area contributed by atoms with E-state index >= 15 is 0 Å². The normalized spacial score (nSPS) is 12.2. The van der Waals surface area contributed by atoms with E-state index in [1.54, 1.807) is 0 Å². The highest BCUT2D eigenvalue weighted by Crippen LogP contribution is 2.14. The van der Waals surface area contributed by atoms with Crippen LogP contribution in [0.15, 0.2) is 53.0 Å². The van der Waals surface area contributed by atoms with Crippen molar-refractivity contribution in [1.82, 2.24) is 0 Å². The topological polar surface area (TPSA) is 32.3 Å². The molecule has 0 bridgehead atoms. The van der Waals surface area contributed by atoms with Gasteiger partial charge in [-0.15, -0.1) is 0 Å². The summed E-state index contributed by atoms with van der Waals surface area (Å²) in [5, 5.41) is 13.3. The molecule has 0 heterocycles. The number of rotatable bonds is 5. The van der Waals surface area contributed by atoms with Crippen molar-refractivity contribution in [2.24, 2.45) is 0 Å². The van der Waals surface area contributed by atoms with Gasteiger partial charge in [0, 0.05) is 23.1 Å². The Balaban J connectivity index is 1.84. The molecule has 2 N–H and O–H groups in total. The molecule has 0 saturated carbocycles. The molecule has 100 valence electrons. The minimum atomic E-state index is -0.384. The van der Waals surface area contributed by atoms with Gasteiger partial charge < -0.3 is 10.4 Å². The molecular formula is C16H18BrNO. The zero-order valence-corrected chi connectivity index (χ0v) is 12.5. The molecule has 0 amide bonds. The molecule has 2 rings (SSSR count). The minimum absolute atomic E-state index is 0.384. The number of hydrogen-bond acceptors (Lipinski definition) is 2. The van der Waals surface area contributed by atoms with Crippen molar-refractivity contribution in [2.45, 2.75) is 19.4 Å². The van der Waals surface area contributed by atoms with Gasteiger partial charge in [0.2, 0.25) is 0 Å². The molecule has 0 fully saturated rings. The fraction of sp³-hybridized carbons (Fsp3) is 0.250. The van der Waals surface area contributed by atoms with Gasteiger partial charge in [-0.25, -0.2) is 0 Å². The van der Waals surface area contributed by atoms with Crippen LogP contribution in [0.1, 0.15) is 11.1 Å². The first-order valence-electron chi connectivity index (χ1n) is 6.36. The zero-order chi connectivity index (χ0) is 13.7. The third-order valence-corrected chi connectivity index (χ3v) is 3.47. The third-order valence-electron chi connectivity index (χ3n) is 2.94. The van der Waals surface area contributed by atoms with E-state index in [1.165, 1.54) is 11.1 Å². The van der Waals surface area contributed by atoms with E-state index in [2.05, 4.69) is 46.4 Å². The fourth-order valence-electron chi connectivity index (χ4n) is 1.99. The summed E-state index contributed by atoms with van der Waals surface area (Å²) in [4.78, 5) is 0. The summed E-state index contributed by atoms with van der Waals surface area (Å²) in [5.41, 5.74) is 3.42. The second-order valence-corrected chi connectivity index (χ2v) is 5.65. The Labute approximate surface area is 122 Å². The Hall–Kier alpha value is -1.32. The lowest BCUT2D eigenvalue weighted by Crippen LogP contribution is -2.21. The largest absolute Gasteiger partial charge is 0.391 e. The van der Waals surface area contributed by atoms with E-state index in [0.29, 0.717) is 13.0 Å². The summed E-state index contributed by atoms with van der Waals surface area (Å²) in [6.07, 6.45) is 0.288. The second-order valence-electron chi connectivity index (χ2n) is 4.73. The fourth-order valence-corrected chi connectivity index (χ4v) is 2.25. The number of aliphatic hydroxyl groups is 1. The smallest absolute Gasteiger partial charge is 0.0752 e. The summed E-state index contributed by atoms with van der Waals surface area (Å²) < 4.78 is 1.05. The third kappa shape index (κ3) is 4.69. The molecule has 0 aromatic heterocycles. The zero-order valence-electron chi connectivity index (χ0n) is 10.9. The SMILES string of the molecule is Cc1cccc(C[C@H](O)CNc2ccc(Br)cc2)c1. The number of aliphatic hydroxyl groups excluding tert-OH is 1. The Morgan fingerprint density at radius 3 is 2.58 bits per heavy atom. The first-order chi connectivity index (χ1) is 9.13. The number of hydrogen-bond donors (Lipinski definition) is 2. The van der Waals surface area contributed by atoms with Crippen LogP contribution in [0.5, 0.6) is 0 Å². The Morgan fingerprint density at radius 2 is 1.89 bits per heavy atom. The van der Waals surface area contributed by atoms with Crippen LogP contribution in [-0.4, -0.2) is 17.8 Å². The maximum atomic E-state index is 10.0. The van der Waals surface area contributed by atoms with Crippen molar-refractivity contribution in [1.29, 1.82) is 0 Å². The summed E-state index contributed by atoms with van der Waals surface area (Å²) in [7, 11) is 0. The Morgan fingerprint density at radius 1 is 1.16 bits per heavy atom. The molecule has 0 unspecified atom stereocenters.